The van der Waals surface area contributed by atoms with Crippen LogP contribution in [0, 0.1) is 0 Å². The third kappa shape index (κ3) is 6.76. The molecule has 3 aromatic rings. The van der Waals surface area contributed by atoms with Gasteiger partial charge in [-0.15, -0.1) is 0 Å². The van der Waals surface area contributed by atoms with E-state index in [9.17, 15) is 22.8 Å². The van der Waals surface area contributed by atoms with E-state index < -0.39 is 29.2 Å². The van der Waals surface area contributed by atoms with E-state index >= 15 is 0 Å². The summed E-state index contributed by atoms with van der Waals surface area (Å²) >= 11 is 0. The highest BCUT2D eigenvalue weighted by molar-refractivity contribution is 6.02. The zero-order valence-electron chi connectivity index (χ0n) is 17.6. The number of amides is 2. The van der Waals surface area contributed by atoms with Crippen LogP contribution in [0.1, 0.15) is 29.0 Å². The van der Waals surface area contributed by atoms with E-state index in [4.69, 9.17) is 13.9 Å². The maximum Gasteiger partial charge on any atom is 0.418 e. The van der Waals surface area contributed by atoms with Gasteiger partial charge in [-0.2, -0.15) is 13.2 Å². The Morgan fingerprint density at radius 2 is 1.73 bits per heavy atom. The van der Waals surface area contributed by atoms with E-state index in [1.54, 1.807) is 31.4 Å². The smallest absolute Gasteiger partial charge is 0.418 e. The van der Waals surface area contributed by atoms with Crippen LogP contribution in [-0.4, -0.2) is 25.5 Å². The Balaban J connectivity index is 1.56. The van der Waals surface area contributed by atoms with E-state index in [0.29, 0.717) is 17.9 Å². The van der Waals surface area contributed by atoms with Gasteiger partial charge in [-0.05, 0) is 61.0 Å². The molecule has 0 unspecified atom stereocenters. The van der Waals surface area contributed by atoms with Gasteiger partial charge in [-0.1, -0.05) is 0 Å². The van der Waals surface area contributed by atoms with Crippen LogP contribution in [-0.2, 0) is 11.0 Å². The third-order valence-corrected chi connectivity index (χ3v) is 4.48. The molecule has 1 heterocycles. The van der Waals surface area contributed by atoms with E-state index in [0.717, 1.165) is 12.1 Å². The Bertz CT molecular complexity index is 1080. The molecule has 0 radical (unpaired) electrons. The van der Waals surface area contributed by atoms with Gasteiger partial charge in [-0.25, -0.2) is 0 Å². The van der Waals surface area contributed by atoms with Gasteiger partial charge in [0.05, 0.1) is 31.2 Å². The number of hydrogen-bond acceptors (Lipinski definition) is 5. The number of halogens is 3. The Labute approximate surface area is 187 Å². The second-order valence-electron chi connectivity index (χ2n) is 6.87. The maximum absolute atomic E-state index is 13.5. The number of carbonyl (C=O) groups excluding carboxylic acids is 2. The van der Waals surface area contributed by atoms with Crippen LogP contribution >= 0.6 is 0 Å². The van der Waals surface area contributed by atoms with Crippen molar-refractivity contribution in [2.75, 3.05) is 24.4 Å². The fraction of sp³-hybridized carbons (Fsp3) is 0.217. The van der Waals surface area contributed by atoms with Crippen LogP contribution in [0.3, 0.4) is 0 Å². The number of furan rings is 1. The number of rotatable bonds is 9. The number of methoxy groups -OCH3 is 1. The summed E-state index contributed by atoms with van der Waals surface area (Å²) in [5.41, 5.74) is -1.57. The maximum atomic E-state index is 13.5. The van der Waals surface area contributed by atoms with Crippen molar-refractivity contribution in [3.8, 4) is 11.5 Å². The minimum Gasteiger partial charge on any atom is -0.497 e. The monoisotopic (exact) mass is 462 g/mol. The Morgan fingerprint density at radius 3 is 2.36 bits per heavy atom. The Kier molecular flexibility index (Phi) is 7.60. The largest absolute Gasteiger partial charge is 0.497 e. The van der Waals surface area contributed by atoms with Crippen molar-refractivity contribution in [1.82, 2.24) is 0 Å². The van der Waals surface area contributed by atoms with Gasteiger partial charge in [0.25, 0.3) is 5.91 Å². The van der Waals surface area contributed by atoms with Gasteiger partial charge in [0.15, 0.2) is 5.76 Å². The molecule has 3 rings (SSSR count). The van der Waals surface area contributed by atoms with Gasteiger partial charge in [0, 0.05) is 12.1 Å². The Hall–Kier alpha value is -3.95. The second-order valence-corrected chi connectivity index (χ2v) is 6.87. The lowest BCUT2D eigenvalue weighted by Gasteiger charge is -2.16. The molecule has 0 bridgehead atoms. The van der Waals surface area contributed by atoms with Crippen molar-refractivity contribution in [2.24, 2.45) is 0 Å². The fourth-order valence-electron chi connectivity index (χ4n) is 2.87. The molecule has 0 fully saturated rings. The molecular formula is C23H21F3N2O5. The molecule has 0 aliphatic rings. The fourth-order valence-corrected chi connectivity index (χ4v) is 2.87. The molecule has 0 atom stereocenters. The normalized spacial score (nSPS) is 11.0. The molecule has 7 nitrogen and oxygen atoms in total. The number of ether oxygens (including phenoxy) is 2. The van der Waals surface area contributed by atoms with E-state index in [1.807, 2.05) is 0 Å². The predicted octanol–water partition coefficient (Wildman–Crippen LogP) is 5.36. The molecule has 2 amide bonds. The molecule has 174 valence electrons. The molecule has 10 heteroatoms. The quantitative estimate of drug-likeness (QED) is 0.418. The molecule has 2 aromatic carbocycles. The molecule has 0 saturated heterocycles. The SMILES string of the molecule is COc1ccc(OCCCC(=O)Nc2ccc(NC(=O)c3ccco3)cc2C(F)(F)F)cc1. The summed E-state index contributed by atoms with van der Waals surface area (Å²) in [5, 5.41) is 4.61. The average molecular weight is 462 g/mol. The first-order valence-corrected chi connectivity index (χ1v) is 9.89. The number of alkyl halides is 3. The first-order chi connectivity index (χ1) is 15.8. The summed E-state index contributed by atoms with van der Waals surface area (Å²) in [4.78, 5) is 24.2. The van der Waals surface area contributed by atoms with Crippen LogP contribution in [0.2, 0.25) is 0 Å². The van der Waals surface area contributed by atoms with Crippen molar-refractivity contribution < 1.29 is 36.7 Å². The van der Waals surface area contributed by atoms with Crippen LogP contribution in [0.15, 0.2) is 65.3 Å². The van der Waals surface area contributed by atoms with Gasteiger partial charge in [-0.3, -0.25) is 9.59 Å². The Morgan fingerprint density at radius 1 is 1.00 bits per heavy atom. The number of benzene rings is 2. The van der Waals surface area contributed by atoms with E-state index in [2.05, 4.69) is 10.6 Å². The zero-order chi connectivity index (χ0) is 23.8. The number of carbonyl (C=O) groups is 2. The summed E-state index contributed by atoms with van der Waals surface area (Å²) in [6, 6.07) is 12.8. The molecule has 33 heavy (non-hydrogen) atoms. The van der Waals surface area contributed by atoms with Gasteiger partial charge >= 0.3 is 6.18 Å². The summed E-state index contributed by atoms with van der Waals surface area (Å²) < 4.78 is 56.0. The van der Waals surface area contributed by atoms with Crippen molar-refractivity contribution in [3.63, 3.8) is 0 Å². The summed E-state index contributed by atoms with van der Waals surface area (Å²) in [5.74, 6) is -0.0673. The van der Waals surface area contributed by atoms with Crippen molar-refractivity contribution in [1.29, 1.82) is 0 Å². The van der Waals surface area contributed by atoms with Gasteiger partial charge < -0.3 is 24.5 Å². The third-order valence-electron chi connectivity index (χ3n) is 4.48. The molecule has 0 saturated carbocycles. The molecular weight excluding hydrogens is 441 g/mol. The molecule has 0 spiro atoms. The van der Waals surface area contributed by atoms with Crippen LogP contribution in [0.4, 0.5) is 24.5 Å². The highest BCUT2D eigenvalue weighted by Gasteiger charge is 2.34. The number of nitrogens with one attached hydrogen (secondary N) is 2. The standard InChI is InChI=1S/C23H21F3N2O5/c1-31-16-7-9-17(10-8-16)32-12-3-5-21(29)28-19-11-6-15(14-18(19)23(24,25)26)27-22(30)20-4-2-13-33-20/h2,4,6-11,13-14H,3,5,12H2,1H3,(H,27,30)(H,28,29). The highest BCUT2D eigenvalue weighted by Crippen LogP contribution is 2.36. The molecule has 1 aromatic heterocycles. The average Bonchev–Trinajstić information content (AvgIpc) is 3.33. The summed E-state index contributed by atoms with van der Waals surface area (Å²) in [6.45, 7) is 0.212. The van der Waals surface area contributed by atoms with E-state index in [1.165, 1.54) is 24.5 Å². The van der Waals surface area contributed by atoms with Gasteiger partial charge in [0.1, 0.15) is 11.5 Å². The highest BCUT2D eigenvalue weighted by atomic mass is 19.4. The number of hydrogen-bond donors (Lipinski definition) is 2. The minimum atomic E-state index is -4.74. The van der Waals surface area contributed by atoms with Gasteiger partial charge in [0.2, 0.25) is 5.91 Å². The van der Waals surface area contributed by atoms with Crippen molar-refractivity contribution in [3.05, 3.63) is 72.2 Å². The lowest BCUT2D eigenvalue weighted by atomic mass is 10.1. The lowest BCUT2D eigenvalue weighted by molar-refractivity contribution is -0.136. The molecule has 2 N–H and O–H groups in total. The van der Waals surface area contributed by atoms with Crippen LogP contribution in [0.25, 0.3) is 0 Å². The first kappa shape index (κ1) is 23.7. The molecule has 0 aliphatic heterocycles. The zero-order valence-corrected chi connectivity index (χ0v) is 17.6. The summed E-state index contributed by atoms with van der Waals surface area (Å²) in [6.07, 6.45) is -3.21. The van der Waals surface area contributed by atoms with E-state index in [-0.39, 0.29) is 24.5 Å². The number of anilines is 2. The van der Waals surface area contributed by atoms with Crippen LogP contribution < -0.4 is 20.1 Å². The second kappa shape index (κ2) is 10.6. The van der Waals surface area contributed by atoms with Crippen molar-refractivity contribution in [2.45, 2.75) is 19.0 Å². The summed E-state index contributed by atoms with van der Waals surface area (Å²) in [7, 11) is 1.54. The van der Waals surface area contributed by atoms with Crippen molar-refractivity contribution >= 4 is 23.2 Å². The first-order valence-electron chi connectivity index (χ1n) is 9.89. The lowest BCUT2D eigenvalue weighted by Crippen LogP contribution is -2.18. The topological polar surface area (TPSA) is 89.8 Å². The predicted molar refractivity (Wildman–Crippen MR) is 114 cm³/mol. The van der Waals surface area contributed by atoms with Crippen LogP contribution in [0.5, 0.6) is 11.5 Å². The molecule has 0 aliphatic carbocycles. The minimum absolute atomic E-state index is 0.0373.